The van der Waals surface area contributed by atoms with Gasteiger partial charge in [-0.05, 0) is 24.6 Å². The molecule has 0 saturated carbocycles. The van der Waals surface area contributed by atoms with Gasteiger partial charge >= 0.3 is 0 Å². The van der Waals surface area contributed by atoms with Crippen molar-refractivity contribution in [1.82, 2.24) is 4.72 Å². The van der Waals surface area contributed by atoms with Crippen LogP contribution in [0.1, 0.15) is 12.5 Å². The molecule has 1 heterocycles. The summed E-state index contributed by atoms with van der Waals surface area (Å²) in [5, 5.41) is 11.5. The number of halogens is 1. The highest BCUT2D eigenvalue weighted by Crippen LogP contribution is 2.32. The highest BCUT2D eigenvalue weighted by molar-refractivity contribution is 7.89. The molecule has 1 amide bonds. The van der Waals surface area contributed by atoms with E-state index in [1.54, 1.807) is 0 Å². The van der Waals surface area contributed by atoms with E-state index in [0.717, 1.165) is 0 Å². The first-order valence-corrected chi connectivity index (χ1v) is 7.45. The van der Waals surface area contributed by atoms with Gasteiger partial charge < -0.3 is 10.4 Å². The third-order valence-corrected chi connectivity index (χ3v) is 4.76. The number of aliphatic hydroxyl groups excluding tert-OH is 1. The number of hydrogen-bond acceptors (Lipinski definition) is 4. The van der Waals surface area contributed by atoms with Gasteiger partial charge in [0.15, 0.2) is 0 Å². The maximum Gasteiger partial charge on any atom is 0.242 e. The van der Waals surface area contributed by atoms with Crippen LogP contribution < -0.4 is 10.0 Å². The highest BCUT2D eigenvalue weighted by atomic mass is 35.5. The summed E-state index contributed by atoms with van der Waals surface area (Å²) in [4.78, 5) is 11.2. The van der Waals surface area contributed by atoms with Crippen LogP contribution in [-0.4, -0.2) is 32.1 Å². The molecule has 3 N–H and O–H groups in total. The minimum atomic E-state index is -3.82. The van der Waals surface area contributed by atoms with E-state index in [9.17, 15) is 13.2 Å². The number of hydrogen-bond donors (Lipinski definition) is 3. The molecule has 1 aromatic rings. The Balaban J connectivity index is 2.41. The van der Waals surface area contributed by atoms with Crippen molar-refractivity contribution in [2.75, 3.05) is 11.9 Å². The predicted octanol–water partition coefficient (Wildman–Crippen LogP) is 0.494. The molecule has 1 aliphatic heterocycles. The van der Waals surface area contributed by atoms with E-state index >= 15 is 0 Å². The Kier molecular flexibility index (Phi) is 3.82. The largest absolute Gasteiger partial charge is 0.395 e. The van der Waals surface area contributed by atoms with Crippen LogP contribution in [0.5, 0.6) is 0 Å². The highest BCUT2D eigenvalue weighted by Gasteiger charge is 2.25. The number of amides is 1. The van der Waals surface area contributed by atoms with Crippen LogP contribution in [0.25, 0.3) is 0 Å². The van der Waals surface area contributed by atoms with Gasteiger partial charge in [-0.15, -0.1) is 0 Å². The van der Waals surface area contributed by atoms with E-state index in [4.69, 9.17) is 16.7 Å². The summed E-state index contributed by atoms with van der Waals surface area (Å²) in [5.41, 5.74) is 1.12. The number of sulfonamides is 1. The SMILES string of the molecule is C[C@@H](CO)NS(=O)(=O)c1cc2c(cc1Cl)NC(=O)C2. The average Bonchev–Trinajstić information content (AvgIpc) is 2.66. The van der Waals surface area contributed by atoms with Crippen molar-refractivity contribution in [1.29, 1.82) is 0 Å². The Morgan fingerprint density at radius 2 is 2.21 bits per heavy atom. The molecule has 1 aliphatic rings. The average molecular weight is 305 g/mol. The van der Waals surface area contributed by atoms with E-state index in [1.165, 1.54) is 19.1 Å². The number of carbonyl (C=O) groups is 1. The summed E-state index contributed by atoms with van der Waals surface area (Å²) >= 11 is 5.93. The van der Waals surface area contributed by atoms with E-state index in [-0.39, 0.29) is 28.9 Å². The van der Waals surface area contributed by atoms with Gasteiger partial charge in [-0.25, -0.2) is 13.1 Å². The van der Waals surface area contributed by atoms with Gasteiger partial charge in [0.1, 0.15) is 4.90 Å². The molecule has 19 heavy (non-hydrogen) atoms. The lowest BCUT2D eigenvalue weighted by molar-refractivity contribution is -0.115. The fraction of sp³-hybridized carbons (Fsp3) is 0.364. The van der Waals surface area contributed by atoms with Crippen molar-refractivity contribution in [3.05, 3.63) is 22.7 Å². The van der Waals surface area contributed by atoms with Crippen LogP contribution in [0.15, 0.2) is 17.0 Å². The zero-order valence-electron chi connectivity index (χ0n) is 10.1. The molecule has 0 aromatic heterocycles. The molecule has 0 fully saturated rings. The van der Waals surface area contributed by atoms with Gasteiger partial charge in [0.2, 0.25) is 15.9 Å². The number of nitrogens with one attached hydrogen (secondary N) is 2. The van der Waals surface area contributed by atoms with Crippen molar-refractivity contribution < 1.29 is 18.3 Å². The Labute approximate surface area is 115 Å². The van der Waals surface area contributed by atoms with Crippen LogP contribution in [0.2, 0.25) is 5.02 Å². The van der Waals surface area contributed by atoms with Crippen LogP contribution in [0, 0.1) is 0 Å². The first kappa shape index (κ1) is 14.3. The molecular formula is C11H13ClN2O4S. The van der Waals surface area contributed by atoms with E-state index in [0.29, 0.717) is 11.3 Å². The molecule has 8 heteroatoms. The second-order valence-electron chi connectivity index (χ2n) is 4.37. The maximum absolute atomic E-state index is 12.1. The molecule has 0 radical (unpaired) electrons. The minimum Gasteiger partial charge on any atom is -0.395 e. The summed E-state index contributed by atoms with van der Waals surface area (Å²) in [6.45, 7) is 1.21. The molecule has 0 unspecified atom stereocenters. The molecule has 0 saturated heterocycles. The molecule has 104 valence electrons. The zero-order valence-corrected chi connectivity index (χ0v) is 11.7. The molecule has 2 rings (SSSR count). The fourth-order valence-corrected chi connectivity index (χ4v) is 3.61. The van der Waals surface area contributed by atoms with E-state index < -0.39 is 16.1 Å². The van der Waals surface area contributed by atoms with Gasteiger partial charge in [-0.2, -0.15) is 0 Å². The normalized spacial score (nSPS) is 16.1. The first-order valence-electron chi connectivity index (χ1n) is 5.59. The molecule has 1 aromatic carbocycles. The number of aliphatic hydroxyl groups is 1. The number of fused-ring (bicyclic) bond motifs is 1. The third kappa shape index (κ3) is 2.89. The molecule has 1 atom stereocenters. The second kappa shape index (κ2) is 5.09. The monoisotopic (exact) mass is 304 g/mol. The van der Waals surface area contributed by atoms with Crippen molar-refractivity contribution in [2.45, 2.75) is 24.3 Å². The predicted molar refractivity (Wildman–Crippen MR) is 70.7 cm³/mol. The number of benzene rings is 1. The fourth-order valence-electron chi connectivity index (χ4n) is 1.80. The summed E-state index contributed by atoms with van der Waals surface area (Å²) in [6, 6.07) is 2.18. The lowest BCUT2D eigenvalue weighted by Gasteiger charge is -2.13. The van der Waals surface area contributed by atoms with Crippen molar-refractivity contribution in [3.63, 3.8) is 0 Å². The standard InChI is InChI=1S/C11H13ClN2O4S/c1-6(5-15)14-19(17,18)10-2-7-3-11(16)13-9(7)4-8(10)12/h2,4,6,14-15H,3,5H2,1H3,(H,13,16)/t6-/m0/s1. The van der Waals surface area contributed by atoms with Crippen LogP contribution in [0.4, 0.5) is 5.69 Å². The molecular weight excluding hydrogens is 292 g/mol. The first-order chi connectivity index (χ1) is 8.83. The Hall–Kier alpha value is -1.15. The van der Waals surface area contributed by atoms with Gasteiger partial charge in [0, 0.05) is 11.7 Å². The molecule has 6 nitrogen and oxygen atoms in total. The van der Waals surface area contributed by atoms with Crippen LogP contribution in [-0.2, 0) is 21.2 Å². The molecule has 0 aliphatic carbocycles. The van der Waals surface area contributed by atoms with Crippen molar-refractivity contribution >= 4 is 33.2 Å². The van der Waals surface area contributed by atoms with E-state index in [1.807, 2.05) is 0 Å². The minimum absolute atomic E-state index is 0.0265. The van der Waals surface area contributed by atoms with Gasteiger partial charge in [-0.3, -0.25) is 4.79 Å². The third-order valence-electron chi connectivity index (χ3n) is 2.70. The number of rotatable bonds is 4. The lowest BCUT2D eigenvalue weighted by atomic mass is 10.2. The summed E-state index contributed by atoms with van der Waals surface area (Å²) in [5.74, 6) is -0.197. The quantitative estimate of drug-likeness (QED) is 0.754. The van der Waals surface area contributed by atoms with Gasteiger partial charge in [0.25, 0.3) is 0 Å². The van der Waals surface area contributed by atoms with Gasteiger partial charge in [-0.1, -0.05) is 11.6 Å². The summed E-state index contributed by atoms with van der Waals surface area (Å²) in [7, 11) is -3.82. The van der Waals surface area contributed by atoms with Crippen molar-refractivity contribution in [3.8, 4) is 0 Å². The summed E-state index contributed by atoms with van der Waals surface area (Å²) < 4.78 is 26.5. The number of carbonyl (C=O) groups excluding carboxylic acids is 1. The van der Waals surface area contributed by atoms with E-state index in [2.05, 4.69) is 10.0 Å². The zero-order chi connectivity index (χ0) is 14.2. The number of anilines is 1. The Morgan fingerprint density at radius 1 is 1.53 bits per heavy atom. The maximum atomic E-state index is 12.1. The van der Waals surface area contributed by atoms with Gasteiger partial charge in [0.05, 0.1) is 18.1 Å². The van der Waals surface area contributed by atoms with Crippen molar-refractivity contribution in [2.24, 2.45) is 0 Å². The summed E-state index contributed by atoms with van der Waals surface area (Å²) in [6.07, 6.45) is 0.130. The topological polar surface area (TPSA) is 95.5 Å². The Bertz CT molecular complexity index is 630. The lowest BCUT2D eigenvalue weighted by Crippen LogP contribution is -2.35. The Morgan fingerprint density at radius 3 is 2.84 bits per heavy atom. The molecule has 0 spiro atoms. The van der Waals surface area contributed by atoms with Crippen LogP contribution in [0.3, 0.4) is 0 Å². The molecule has 0 bridgehead atoms. The van der Waals surface area contributed by atoms with Crippen LogP contribution >= 0.6 is 11.6 Å². The smallest absolute Gasteiger partial charge is 0.242 e. The second-order valence-corrected chi connectivity index (χ2v) is 6.46.